The van der Waals surface area contributed by atoms with Gasteiger partial charge in [0.25, 0.3) is 0 Å². The Morgan fingerprint density at radius 3 is 1.89 bits per heavy atom. The average Bonchev–Trinajstić information content (AvgIpc) is 1.77. The van der Waals surface area contributed by atoms with Crippen molar-refractivity contribution in [2.24, 2.45) is 0 Å². The minimum atomic E-state index is -0.0407. The molecule has 0 fully saturated rings. The van der Waals surface area contributed by atoms with Crippen LogP contribution < -0.4 is 0 Å². The van der Waals surface area contributed by atoms with E-state index in [4.69, 9.17) is 5.41 Å². The fourth-order valence-electron chi connectivity index (χ4n) is 0.455. The van der Waals surface area contributed by atoms with E-state index in [2.05, 4.69) is 0 Å². The fraction of sp³-hybridized carbons (Fsp3) is 0. The molecule has 9 heavy (non-hydrogen) atoms. The molecule has 0 saturated heterocycles. The molecule has 0 amide bonds. The summed E-state index contributed by atoms with van der Waals surface area (Å²) in [7, 11) is 0. The number of carbonyl (C=O) groups excluding carboxylic acids is 1. The topological polar surface area (TPSA) is 40.9 Å². The molecule has 0 aromatic heterocycles. The molecule has 2 nitrogen and oxygen atoms in total. The van der Waals surface area contributed by atoms with Crippen LogP contribution in [0.15, 0.2) is 24.3 Å². The van der Waals surface area contributed by atoms with Gasteiger partial charge in [0.05, 0.1) is 5.71 Å². The number of rotatable bonds is 0. The van der Waals surface area contributed by atoms with E-state index in [9.17, 15) is 4.79 Å². The van der Waals surface area contributed by atoms with Crippen LogP contribution in [0.1, 0.15) is 0 Å². The molecule has 0 aromatic rings. The minimum Gasteiger partial charge on any atom is -0.301 e. The van der Waals surface area contributed by atoms with Gasteiger partial charge in [-0.05, 0) is 24.3 Å². The molecule has 1 aliphatic carbocycles. The van der Waals surface area contributed by atoms with Gasteiger partial charge in [-0.25, -0.2) is 0 Å². The molecule has 0 aliphatic heterocycles. The quantitative estimate of drug-likeness (QED) is 0.417. The zero-order chi connectivity index (χ0) is 5.98. The van der Waals surface area contributed by atoms with Gasteiger partial charge in [0, 0.05) is 16.5 Å². The second-order valence-electron chi connectivity index (χ2n) is 1.52. The molecule has 3 heteroatoms. The first-order valence-electron chi connectivity index (χ1n) is 2.28. The minimum absolute atomic E-state index is 0. The number of carbonyl (C=O) groups is 1. The van der Waals surface area contributed by atoms with E-state index in [1.807, 2.05) is 0 Å². The van der Waals surface area contributed by atoms with Crippen LogP contribution in [-0.2, 0) is 21.3 Å². The Kier molecular flexibility index (Phi) is 3.10. The second-order valence-corrected chi connectivity index (χ2v) is 1.52. The van der Waals surface area contributed by atoms with Gasteiger partial charge in [0.2, 0.25) is 0 Å². The number of ketones is 1. The monoisotopic (exact) mass is 165 g/mol. The SMILES string of the molecule is N=C1C=CC(=O)C=C1.[Ni]. The van der Waals surface area contributed by atoms with E-state index >= 15 is 0 Å². The summed E-state index contributed by atoms with van der Waals surface area (Å²) in [5.74, 6) is -0.0407. The Labute approximate surface area is 63.1 Å². The van der Waals surface area contributed by atoms with Crippen LogP contribution in [0.25, 0.3) is 0 Å². The predicted molar refractivity (Wildman–Crippen MR) is 31.0 cm³/mol. The van der Waals surface area contributed by atoms with Gasteiger partial charge in [-0.2, -0.15) is 0 Å². The zero-order valence-electron chi connectivity index (χ0n) is 4.53. The molecule has 1 N–H and O–H groups in total. The van der Waals surface area contributed by atoms with Crippen LogP contribution in [-0.4, -0.2) is 11.5 Å². The molecule has 0 radical (unpaired) electrons. The Morgan fingerprint density at radius 1 is 1.11 bits per heavy atom. The van der Waals surface area contributed by atoms with Crippen LogP contribution in [0.2, 0.25) is 0 Å². The van der Waals surface area contributed by atoms with E-state index < -0.39 is 0 Å². The Bertz CT molecular complexity index is 155. The first kappa shape index (κ1) is 8.31. The third-order valence-electron chi connectivity index (χ3n) is 0.854. The summed E-state index contributed by atoms with van der Waals surface area (Å²) in [5, 5.41) is 6.95. The average molecular weight is 166 g/mol. The van der Waals surface area contributed by atoms with E-state index in [1.54, 1.807) is 0 Å². The molecule has 0 saturated carbocycles. The maximum Gasteiger partial charge on any atom is 0.178 e. The predicted octanol–water partition coefficient (Wildman–Crippen LogP) is 0.699. The summed E-state index contributed by atoms with van der Waals surface area (Å²) < 4.78 is 0. The molecular formula is C6H5NNiO. The van der Waals surface area contributed by atoms with Crippen LogP contribution in [0.5, 0.6) is 0 Å². The van der Waals surface area contributed by atoms with E-state index in [-0.39, 0.29) is 22.3 Å². The Morgan fingerprint density at radius 2 is 1.56 bits per heavy atom. The molecule has 50 valence electrons. The van der Waals surface area contributed by atoms with Crippen LogP contribution in [0.3, 0.4) is 0 Å². The number of hydrogen-bond acceptors (Lipinski definition) is 2. The zero-order valence-corrected chi connectivity index (χ0v) is 5.52. The molecule has 0 bridgehead atoms. The maximum absolute atomic E-state index is 10.3. The van der Waals surface area contributed by atoms with Crippen molar-refractivity contribution >= 4 is 11.5 Å². The molecule has 1 aliphatic rings. The van der Waals surface area contributed by atoms with Crippen molar-refractivity contribution in [3.8, 4) is 0 Å². The van der Waals surface area contributed by atoms with Gasteiger partial charge in [-0.1, -0.05) is 0 Å². The van der Waals surface area contributed by atoms with Gasteiger partial charge < -0.3 is 5.41 Å². The van der Waals surface area contributed by atoms with Gasteiger partial charge in [0.15, 0.2) is 5.78 Å². The van der Waals surface area contributed by atoms with Crippen LogP contribution >= 0.6 is 0 Å². The summed E-state index contributed by atoms with van der Waals surface area (Å²) in [6, 6.07) is 0. The summed E-state index contributed by atoms with van der Waals surface area (Å²) in [6.45, 7) is 0. The molecule has 0 spiro atoms. The molecule has 0 atom stereocenters. The van der Waals surface area contributed by atoms with Crippen molar-refractivity contribution in [3.63, 3.8) is 0 Å². The van der Waals surface area contributed by atoms with E-state index in [0.29, 0.717) is 5.71 Å². The van der Waals surface area contributed by atoms with Crippen molar-refractivity contribution in [3.05, 3.63) is 24.3 Å². The Hall–Kier alpha value is -0.686. The first-order valence-corrected chi connectivity index (χ1v) is 2.28. The first-order chi connectivity index (χ1) is 3.79. The summed E-state index contributed by atoms with van der Waals surface area (Å²) in [5.41, 5.74) is 0.379. The van der Waals surface area contributed by atoms with Gasteiger partial charge >= 0.3 is 0 Å². The molecule has 0 unspecified atom stereocenters. The maximum atomic E-state index is 10.3. The van der Waals surface area contributed by atoms with Gasteiger partial charge in [-0.3, -0.25) is 4.79 Å². The normalized spacial score (nSPS) is 15.6. The van der Waals surface area contributed by atoms with E-state index in [1.165, 1.54) is 24.3 Å². The van der Waals surface area contributed by atoms with Crippen molar-refractivity contribution in [2.45, 2.75) is 0 Å². The smallest absolute Gasteiger partial charge is 0.178 e. The van der Waals surface area contributed by atoms with Crippen molar-refractivity contribution in [1.29, 1.82) is 5.41 Å². The van der Waals surface area contributed by atoms with Crippen molar-refractivity contribution < 1.29 is 21.3 Å². The van der Waals surface area contributed by atoms with Gasteiger partial charge in [0.1, 0.15) is 0 Å². The van der Waals surface area contributed by atoms with E-state index in [0.717, 1.165) is 0 Å². The van der Waals surface area contributed by atoms with Crippen LogP contribution in [0, 0.1) is 5.41 Å². The standard InChI is InChI=1S/C6H5NO.Ni/c7-5-1-3-6(8)4-2-5;/h1-4,7H;. The number of hydrogen-bond donors (Lipinski definition) is 1. The van der Waals surface area contributed by atoms with Crippen molar-refractivity contribution in [1.82, 2.24) is 0 Å². The summed E-state index contributed by atoms with van der Waals surface area (Å²) in [4.78, 5) is 10.3. The third-order valence-corrected chi connectivity index (χ3v) is 0.854. The third kappa shape index (κ3) is 2.38. The van der Waals surface area contributed by atoms with Gasteiger partial charge in [-0.15, -0.1) is 0 Å². The Balaban J connectivity index is 0.000000640. The molecule has 0 aromatic carbocycles. The largest absolute Gasteiger partial charge is 0.301 e. The second kappa shape index (κ2) is 3.36. The summed E-state index contributed by atoms with van der Waals surface area (Å²) in [6.07, 6.45) is 5.70. The molecule has 0 heterocycles. The number of nitrogens with one attached hydrogen (secondary N) is 1. The molecule has 1 rings (SSSR count). The summed E-state index contributed by atoms with van der Waals surface area (Å²) >= 11 is 0. The number of allylic oxidation sites excluding steroid dienone is 4. The van der Waals surface area contributed by atoms with Crippen molar-refractivity contribution in [2.75, 3.05) is 0 Å². The van der Waals surface area contributed by atoms with Crippen LogP contribution in [0.4, 0.5) is 0 Å². The fourth-order valence-corrected chi connectivity index (χ4v) is 0.455. The molecular weight excluding hydrogens is 161 g/mol.